The summed E-state index contributed by atoms with van der Waals surface area (Å²) in [5.74, 6) is 0.141. The van der Waals surface area contributed by atoms with Crippen LogP contribution in [-0.2, 0) is 6.54 Å². The molecule has 98 valence electrons. The third kappa shape index (κ3) is 3.16. The lowest BCUT2D eigenvalue weighted by Crippen LogP contribution is -2.46. The molecule has 6 nitrogen and oxygen atoms in total. The quantitative estimate of drug-likeness (QED) is 0.675. The summed E-state index contributed by atoms with van der Waals surface area (Å²) in [4.78, 5) is 26.8. The molecule has 0 fully saturated rings. The van der Waals surface area contributed by atoms with Crippen molar-refractivity contribution in [3.63, 3.8) is 0 Å². The standard InChI is InChI=1S/C11H14ClN3O3/c1-11(2,3)15(10(16)17)9-7(6-13-18)4-5-8(12)14-9/h4-5H,6H2,1-3H3,(H,16,17). The zero-order chi connectivity index (χ0) is 13.9. The van der Waals surface area contributed by atoms with Crippen molar-refractivity contribution in [1.82, 2.24) is 4.98 Å². The van der Waals surface area contributed by atoms with Gasteiger partial charge in [-0.2, -0.15) is 4.91 Å². The molecule has 1 heterocycles. The van der Waals surface area contributed by atoms with E-state index in [0.717, 1.165) is 4.90 Å². The van der Waals surface area contributed by atoms with Gasteiger partial charge in [-0.05, 0) is 26.8 Å². The largest absolute Gasteiger partial charge is 0.465 e. The minimum Gasteiger partial charge on any atom is -0.465 e. The molecule has 0 saturated heterocycles. The van der Waals surface area contributed by atoms with Crippen LogP contribution >= 0.6 is 11.6 Å². The molecule has 0 unspecified atom stereocenters. The van der Waals surface area contributed by atoms with Gasteiger partial charge in [0.2, 0.25) is 0 Å². The van der Waals surface area contributed by atoms with Crippen LogP contribution in [0.15, 0.2) is 17.3 Å². The molecular formula is C11H14ClN3O3. The number of halogens is 1. The molecule has 1 amide bonds. The van der Waals surface area contributed by atoms with Crippen LogP contribution in [-0.4, -0.2) is 21.7 Å². The number of hydrogen-bond donors (Lipinski definition) is 1. The Morgan fingerprint density at radius 3 is 2.56 bits per heavy atom. The molecule has 0 aliphatic rings. The summed E-state index contributed by atoms with van der Waals surface area (Å²) in [5.41, 5.74) is -0.284. The SMILES string of the molecule is CC(C)(C)N(C(=O)O)c1nc(Cl)ccc1CN=O. The Morgan fingerprint density at radius 2 is 2.11 bits per heavy atom. The second-order valence-corrected chi connectivity index (χ2v) is 5.08. The van der Waals surface area contributed by atoms with E-state index in [1.807, 2.05) is 0 Å². The lowest BCUT2D eigenvalue weighted by Gasteiger charge is -2.33. The number of rotatable bonds is 3. The maximum atomic E-state index is 11.3. The monoisotopic (exact) mass is 271 g/mol. The van der Waals surface area contributed by atoms with Gasteiger partial charge in [0, 0.05) is 11.1 Å². The molecule has 7 heteroatoms. The number of pyridine rings is 1. The Kier molecular flexibility index (Phi) is 4.24. The zero-order valence-electron chi connectivity index (χ0n) is 10.3. The summed E-state index contributed by atoms with van der Waals surface area (Å²) in [6, 6.07) is 3.04. The molecule has 1 aromatic rings. The first kappa shape index (κ1) is 14.4. The molecule has 0 aromatic carbocycles. The fraction of sp³-hybridized carbons (Fsp3) is 0.455. The van der Waals surface area contributed by atoms with Crippen molar-refractivity contribution >= 4 is 23.5 Å². The second-order valence-electron chi connectivity index (χ2n) is 4.69. The molecule has 0 saturated carbocycles. The van der Waals surface area contributed by atoms with Gasteiger partial charge in [0.25, 0.3) is 0 Å². The van der Waals surface area contributed by atoms with Crippen LogP contribution < -0.4 is 4.90 Å². The normalized spacial score (nSPS) is 11.1. The summed E-state index contributed by atoms with van der Waals surface area (Å²) in [6.45, 7) is 5.02. The fourth-order valence-electron chi connectivity index (χ4n) is 1.54. The molecule has 0 bridgehead atoms. The summed E-state index contributed by atoms with van der Waals surface area (Å²) in [7, 11) is 0. The number of hydrogen-bond acceptors (Lipinski definition) is 4. The van der Waals surface area contributed by atoms with E-state index in [0.29, 0.717) is 5.56 Å². The molecule has 0 spiro atoms. The van der Waals surface area contributed by atoms with Gasteiger partial charge in [-0.25, -0.2) is 9.78 Å². The Bertz CT molecular complexity index is 471. The van der Waals surface area contributed by atoms with Crippen molar-refractivity contribution < 1.29 is 9.90 Å². The van der Waals surface area contributed by atoms with E-state index in [1.165, 1.54) is 6.07 Å². The van der Waals surface area contributed by atoms with E-state index < -0.39 is 11.6 Å². The average molecular weight is 272 g/mol. The van der Waals surface area contributed by atoms with Crippen LogP contribution in [0.1, 0.15) is 26.3 Å². The highest BCUT2D eigenvalue weighted by atomic mass is 35.5. The molecule has 18 heavy (non-hydrogen) atoms. The highest BCUT2D eigenvalue weighted by Gasteiger charge is 2.31. The number of carbonyl (C=O) groups is 1. The van der Waals surface area contributed by atoms with Gasteiger partial charge < -0.3 is 5.11 Å². The van der Waals surface area contributed by atoms with Gasteiger partial charge >= 0.3 is 6.09 Å². The number of anilines is 1. The molecular weight excluding hydrogens is 258 g/mol. The van der Waals surface area contributed by atoms with Crippen LogP contribution in [0.3, 0.4) is 0 Å². The van der Waals surface area contributed by atoms with Gasteiger partial charge in [0.1, 0.15) is 17.5 Å². The maximum Gasteiger partial charge on any atom is 0.413 e. The van der Waals surface area contributed by atoms with E-state index in [2.05, 4.69) is 10.2 Å². The molecule has 0 aliphatic carbocycles. The van der Waals surface area contributed by atoms with Crippen LogP contribution in [0, 0.1) is 4.91 Å². The number of nitrogens with zero attached hydrogens (tertiary/aromatic N) is 3. The minimum atomic E-state index is -1.16. The van der Waals surface area contributed by atoms with Gasteiger partial charge in [-0.3, -0.25) is 4.90 Å². The first-order valence-electron chi connectivity index (χ1n) is 5.25. The second kappa shape index (κ2) is 5.30. The van der Waals surface area contributed by atoms with E-state index >= 15 is 0 Å². The van der Waals surface area contributed by atoms with Crippen LogP contribution in [0.5, 0.6) is 0 Å². The molecule has 0 atom stereocenters. The first-order valence-corrected chi connectivity index (χ1v) is 5.63. The smallest absolute Gasteiger partial charge is 0.413 e. The van der Waals surface area contributed by atoms with E-state index in [9.17, 15) is 14.8 Å². The molecule has 0 radical (unpaired) electrons. The first-order chi connectivity index (χ1) is 8.27. The van der Waals surface area contributed by atoms with Crippen molar-refractivity contribution in [3.8, 4) is 0 Å². The van der Waals surface area contributed by atoms with E-state index in [1.54, 1.807) is 26.8 Å². The van der Waals surface area contributed by atoms with Crippen LogP contribution in [0.25, 0.3) is 0 Å². The van der Waals surface area contributed by atoms with Crippen LogP contribution in [0.4, 0.5) is 10.6 Å². The lowest BCUT2D eigenvalue weighted by molar-refractivity contribution is 0.195. The Balaban J connectivity index is 3.38. The topological polar surface area (TPSA) is 82.9 Å². The van der Waals surface area contributed by atoms with Crippen molar-refractivity contribution in [2.75, 3.05) is 4.90 Å². The van der Waals surface area contributed by atoms with Gasteiger partial charge in [-0.15, -0.1) is 0 Å². The molecule has 1 N–H and O–H groups in total. The van der Waals surface area contributed by atoms with Crippen molar-refractivity contribution in [3.05, 3.63) is 27.8 Å². The van der Waals surface area contributed by atoms with Crippen molar-refractivity contribution in [2.45, 2.75) is 32.9 Å². The summed E-state index contributed by atoms with van der Waals surface area (Å²) in [6.07, 6.45) is -1.16. The number of aromatic nitrogens is 1. The number of nitroso groups, excluding NO2 is 1. The van der Waals surface area contributed by atoms with Gasteiger partial charge in [0.15, 0.2) is 0 Å². The Hall–Kier alpha value is -1.69. The molecule has 1 rings (SSSR count). The highest BCUT2D eigenvalue weighted by Crippen LogP contribution is 2.28. The minimum absolute atomic E-state index is 0.141. The van der Waals surface area contributed by atoms with Gasteiger partial charge in [0.05, 0.1) is 0 Å². The Morgan fingerprint density at radius 1 is 1.50 bits per heavy atom. The third-order valence-electron chi connectivity index (χ3n) is 2.23. The predicted octanol–water partition coefficient (Wildman–Crippen LogP) is 3.28. The molecule has 0 aliphatic heterocycles. The molecule has 1 aromatic heterocycles. The van der Waals surface area contributed by atoms with Crippen molar-refractivity contribution in [2.24, 2.45) is 5.18 Å². The van der Waals surface area contributed by atoms with E-state index in [-0.39, 0.29) is 17.5 Å². The van der Waals surface area contributed by atoms with Gasteiger partial charge in [-0.1, -0.05) is 22.8 Å². The Labute approximate surface area is 110 Å². The summed E-state index contributed by atoms with van der Waals surface area (Å²) in [5, 5.41) is 12.2. The summed E-state index contributed by atoms with van der Waals surface area (Å²) >= 11 is 5.78. The number of carboxylic acid groups (broad SMARTS) is 1. The zero-order valence-corrected chi connectivity index (χ0v) is 11.1. The third-order valence-corrected chi connectivity index (χ3v) is 2.44. The summed E-state index contributed by atoms with van der Waals surface area (Å²) < 4.78 is 0. The highest BCUT2D eigenvalue weighted by molar-refractivity contribution is 6.29. The predicted molar refractivity (Wildman–Crippen MR) is 69.0 cm³/mol. The maximum absolute atomic E-state index is 11.3. The van der Waals surface area contributed by atoms with E-state index in [4.69, 9.17) is 11.6 Å². The van der Waals surface area contributed by atoms with Crippen LogP contribution in [0.2, 0.25) is 5.15 Å². The average Bonchev–Trinajstić information content (AvgIpc) is 2.19. The van der Waals surface area contributed by atoms with Crippen molar-refractivity contribution in [1.29, 1.82) is 0 Å². The fourth-order valence-corrected chi connectivity index (χ4v) is 1.68. The lowest BCUT2D eigenvalue weighted by atomic mass is 10.1. The number of amides is 1.